The van der Waals surface area contributed by atoms with E-state index in [-0.39, 0.29) is 36.8 Å². The average Bonchev–Trinajstić information content (AvgIpc) is 3.33. The molecule has 0 aliphatic heterocycles. The van der Waals surface area contributed by atoms with Crippen molar-refractivity contribution in [1.29, 1.82) is 0 Å². The van der Waals surface area contributed by atoms with Gasteiger partial charge in [-0.1, -0.05) is 52.0 Å². The molecule has 0 spiro atoms. The van der Waals surface area contributed by atoms with Crippen molar-refractivity contribution in [3.8, 4) is 11.5 Å². The molecule has 2 aromatic rings. The number of rotatable bonds is 31. The predicted octanol–water partition coefficient (Wildman–Crippen LogP) is 7.07. The van der Waals surface area contributed by atoms with E-state index >= 15 is 8.78 Å². The second-order valence-corrected chi connectivity index (χ2v) is 21.6. The number of nitrogens with zero attached hydrogens (tertiary/aromatic N) is 3. The van der Waals surface area contributed by atoms with Gasteiger partial charge in [-0.05, 0) is 128 Å². The molecule has 0 fully saturated rings. The molecule has 79 heavy (non-hydrogen) atoms. The van der Waals surface area contributed by atoms with Crippen LogP contribution in [0.4, 0.5) is 22.0 Å². The first kappa shape index (κ1) is 68.5. The number of carboxylic acid groups (broad SMARTS) is 1. The molecule has 24 heteroatoms. The van der Waals surface area contributed by atoms with Crippen LogP contribution in [0.2, 0.25) is 0 Å². The van der Waals surface area contributed by atoms with Crippen LogP contribution in [-0.2, 0) is 70.1 Å². The molecule has 0 radical (unpaired) electrons. The van der Waals surface area contributed by atoms with Gasteiger partial charge in [0.2, 0.25) is 6.10 Å². The molecule has 0 aliphatic carbocycles. The summed E-state index contributed by atoms with van der Waals surface area (Å²) in [5.41, 5.74) is -3.62. The number of likely N-dealkylation sites (N-methyl/N-ethyl adjacent to an activating group) is 4. The minimum absolute atomic E-state index is 0.108. The smallest absolute Gasteiger partial charge is 0.508 e. The Morgan fingerprint density at radius 3 is 1.41 bits per heavy atom. The molecule has 0 heterocycles. The Balaban J connectivity index is 2.55. The van der Waals surface area contributed by atoms with E-state index in [1.54, 1.807) is 20.9 Å². The van der Waals surface area contributed by atoms with Crippen molar-refractivity contribution >= 4 is 47.6 Å². The lowest BCUT2D eigenvalue weighted by atomic mass is 9.98. The van der Waals surface area contributed by atoms with Crippen molar-refractivity contribution < 1.29 is 94.2 Å². The number of carboxylic acids is 1. The highest BCUT2D eigenvalue weighted by Gasteiger charge is 2.43. The van der Waals surface area contributed by atoms with Gasteiger partial charge in [-0.3, -0.25) is 19.2 Å². The number of esters is 4. The average molecular weight is 1130 g/mol. The first-order valence-corrected chi connectivity index (χ1v) is 25.9. The topological polar surface area (TPSA) is 245 Å². The maximum atomic E-state index is 15.6. The van der Waals surface area contributed by atoms with Crippen LogP contribution in [0.5, 0.6) is 11.5 Å². The van der Waals surface area contributed by atoms with Crippen molar-refractivity contribution in [2.24, 2.45) is 11.8 Å². The van der Waals surface area contributed by atoms with Gasteiger partial charge in [-0.2, -0.15) is 0 Å². The van der Waals surface area contributed by atoms with Crippen molar-refractivity contribution in [3.05, 3.63) is 59.7 Å². The fraction of sp³-hybridized carbons (Fsp3) is 0.636. The number of amides is 3. The summed E-state index contributed by atoms with van der Waals surface area (Å²) in [6.45, 7) is 14.1. The molecule has 0 saturated carbocycles. The monoisotopic (exact) mass is 1130 g/mol. The fourth-order valence-corrected chi connectivity index (χ4v) is 8.14. The van der Waals surface area contributed by atoms with Gasteiger partial charge in [0.1, 0.15) is 47.0 Å². The summed E-state index contributed by atoms with van der Waals surface area (Å²) < 4.78 is 95.9. The Hall–Kier alpha value is -6.59. The van der Waals surface area contributed by atoms with E-state index in [9.17, 15) is 61.7 Å². The van der Waals surface area contributed by atoms with Gasteiger partial charge in [0.05, 0.1) is 0 Å². The molecule has 3 amide bonds. The Kier molecular flexibility index (Phi) is 26.1. The van der Waals surface area contributed by atoms with E-state index in [0.717, 1.165) is 75.5 Å². The SMILES string of the molecule is CN[C@@H](CCC(C)C)C(=O)O[C@H](C)C(=O)N(C)[C@@H](CC(C)(C)F)C(=O)O[C@H](CCc1ccc(OC(F)(F)F)cc1)C(=O)N(C)[C@@H](CC(C)C)C(=O)O[C@H](C)C(=O)N(C)[C@H](CC(C)(C)F)C(=O)O[C@H](Cc1ccc(O)cc1)C(=O)O. The molecule has 0 unspecified atom stereocenters. The van der Waals surface area contributed by atoms with Crippen LogP contribution in [0, 0.1) is 11.8 Å². The third-order valence-corrected chi connectivity index (χ3v) is 12.5. The third kappa shape index (κ3) is 23.7. The molecule has 3 N–H and O–H groups in total. The van der Waals surface area contributed by atoms with Gasteiger partial charge in [0.25, 0.3) is 17.7 Å². The molecule has 0 aromatic heterocycles. The van der Waals surface area contributed by atoms with Gasteiger partial charge < -0.3 is 53.9 Å². The number of hydrogen-bond donors (Lipinski definition) is 3. The summed E-state index contributed by atoms with van der Waals surface area (Å²) >= 11 is 0. The standard InChI is InChI=1S/C55H79F5N4O15/c1-31(2)15-25-39(61-11)49(71)75-33(5)45(66)63(13)41(29-53(7,8)56)51(73)77-43(26-20-35-18-23-38(24-19-35)79-55(58,59)60)47(68)62(12)40(27-32(3)4)50(72)76-34(6)46(67)64(14)42(30-54(9,10)57)52(74)78-44(48(69)70)28-36-16-21-37(65)22-17-36/h16-19,21-24,31-34,39-44,61,65H,15,20,25-30H2,1-14H3,(H,69,70)/t33-,34-,39+,40+,41+,42-,43-,44-/m1/s1. The Labute approximate surface area is 458 Å². The summed E-state index contributed by atoms with van der Waals surface area (Å²) in [7, 11) is 4.94. The lowest BCUT2D eigenvalue weighted by Crippen LogP contribution is -2.54. The Bertz CT molecular complexity index is 2360. The maximum Gasteiger partial charge on any atom is 0.573 e. The zero-order chi connectivity index (χ0) is 60.5. The third-order valence-electron chi connectivity index (χ3n) is 12.5. The number of aromatic hydroxyl groups is 1. The van der Waals surface area contributed by atoms with Crippen molar-refractivity contribution in [2.45, 2.75) is 187 Å². The molecular formula is C55H79F5N4O15. The first-order chi connectivity index (χ1) is 36.3. The van der Waals surface area contributed by atoms with Crippen LogP contribution >= 0.6 is 0 Å². The Morgan fingerprint density at radius 2 is 0.987 bits per heavy atom. The minimum atomic E-state index is -5.00. The molecule has 2 rings (SSSR count). The highest BCUT2D eigenvalue weighted by Crippen LogP contribution is 2.28. The maximum absolute atomic E-state index is 15.6. The lowest BCUT2D eigenvalue weighted by molar-refractivity contribution is -0.274. The predicted molar refractivity (Wildman–Crippen MR) is 277 cm³/mol. The zero-order valence-corrected chi connectivity index (χ0v) is 47.5. The number of hydrogen-bond acceptors (Lipinski definition) is 15. The summed E-state index contributed by atoms with van der Waals surface area (Å²) in [5, 5.41) is 22.4. The van der Waals surface area contributed by atoms with Gasteiger partial charge in [-0.15, -0.1) is 13.2 Å². The van der Waals surface area contributed by atoms with Crippen molar-refractivity contribution in [3.63, 3.8) is 0 Å². The van der Waals surface area contributed by atoms with E-state index in [1.807, 2.05) is 13.8 Å². The van der Waals surface area contributed by atoms with Crippen LogP contribution in [0.25, 0.3) is 0 Å². The molecule has 2 aromatic carbocycles. The van der Waals surface area contributed by atoms with E-state index in [0.29, 0.717) is 24.0 Å². The van der Waals surface area contributed by atoms with Crippen molar-refractivity contribution in [2.75, 3.05) is 28.2 Å². The lowest BCUT2D eigenvalue weighted by Gasteiger charge is -2.35. The molecule has 19 nitrogen and oxygen atoms in total. The number of aliphatic carboxylic acids is 1. The number of aryl methyl sites for hydroxylation is 1. The van der Waals surface area contributed by atoms with Gasteiger partial charge in [0.15, 0.2) is 18.3 Å². The van der Waals surface area contributed by atoms with Crippen LogP contribution in [-0.4, -0.2) is 167 Å². The quantitative estimate of drug-likeness (QED) is 0.0388. The number of phenols is 1. The molecule has 8 atom stereocenters. The number of phenolic OH excluding ortho intramolecular Hbond substituents is 1. The van der Waals surface area contributed by atoms with E-state index in [2.05, 4.69) is 10.1 Å². The highest BCUT2D eigenvalue weighted by atomic mass is 19.4. The summed E-state index contributed by atoms with van der Waals surface area (Å²) in [4.78, 5) is 113. The van der Waals surface area contributed by atoms with Gasteiger partial charge in [0, 0.05) is 40.4 Å². The summed E-state index contributed by atoms with van der Waals surface area (Å²) in [6, 6.07) is 4.07. The number of carbonyl (C=O) groups is 8. The number of ether oxygens (including phenoxy) is 5. The highest BCUT2D eigenvalue weighted by molar-refractivity contribution is 5.93. The van der Waals surface area contributed by atoms with Gasteiger partial charge in [-0.25, -0.2) is 28.0 Å². The molecule has 444 valence electrons. The minimum Gasteiger partial charge on any atom is -0.508 e. The van der Waals surface area contributed by atoms with Crippen LogP contribution in [0.15, 0.2) is 48.5 Å². The molecular weight excluding hydrogens is 1050 g/mol. The van der Waals surface area contributed by atoms with E-state index in [4.69, 9.17) is 18.9 Å². The molecule has 0 saturated heterocycles. The van der Waals surface area contributed by atoms with E-state index in [1.165, 1.54) is 50.4 Å². The van der Waals surface area contributed by atoms with E-state index < -0.39 is 139 Å². The van der Waals surface area contributed by atoms with Gasteiger partial charge >= 0.3 is 36.2 Å². The summed E-state index contributed by atoms with van der Waals surface area (Å²) in [6.07, 6.45) is -13.3. The van der Waals surface area contributed by atoms with Crippen LogP contribution in [0.3, 0.4) is 0 Å². The number of alkyl halides is 5. The number of carbonyl (C=O) groups excluding carboxylic acids is 7. The van der Waals surface area contributed by atoms with Crippen molar-refractivity contribution in [1.82, 2.24) is 20.0 Å². The summed E-state index contributed by atoms with van der Waals surface area (Å²) in [5.74, 6) is -9.94. The Morgan fingerprint density at radius 1 is 0.557 bits per heavy atom. The second kappa shape index (κ2) is 30.1. The largest absolute Gasteiger partial charge is 0.573 e. The number of benzene rings is 2. The first-order valence-electron chi connectivity index (χ1n) is 25.9. The second-order valence-electron chi connectivity index (χ2n) is 21.6. The zero-order valence-electron chi connectivity index (χ0n) is 47.5. The molecule has 0 aliphatic rings. The number of halogens is 5. The number of nitrogens with one attached hydrogen (secondary N) is 1. The fourth-order valence-electron chi connectivity index (χ4n) is 8.14. The van der Waals surface area contributed by atoms with Crippen LogP contribution in [0.1, 0.15) is 119 Å². The normalized spacial score (nSPS) is 15.1. The molecule has 0 bridgehead atoms. The van der Waals surface area contributed by atoms with Crippen LogP contribution < -0.4 is 10.1 Å².